The molecule has 0 saturated carbocycles. The predicted octanol–water partition coefficient (Wildman–Crippen LogP) is 9.66. The summed E-state index contributed by atoms with van der Waals surface area (Å²) in [7, 11) is 3.69. The number of ether oxygens (including phenoxy) is 2. The van der Waals surface area contributed by atoms with Crippen LogP contribution in [0.1, 0.15) is 180 Å². The summed E-state index contributed by atoms with van der Waals surface area (Å²) in [5.74, 6) is -1.98. The number of nitrogens with zero attached hydrogens (tertiary/aromatic N) is 2. The maximum absolute atomic E-state index is 13.2. The highest BCUT2D eigenvalue weighted by molar-refractivity contribution is 8.78. The minimum Gasteiger partial charge on any atom is -0.467 e. The molecule has 62 heavy (non-hydrogen) atoms. The second kappa shape index (κ2) is 30.9. The molecule has 0 fully saturated rings. The molecule has 350 valence electrons. The summed E-state index contributed by atoms with van der Waals surface area (Å²) in [6.07, 6.45) is 27.3. The van der Waals surface area contributed by atoms with E-state index in [1.807, 2.05) is 0 Å². The maximum atomic E-state index is 13.2. The van der Waals surface area contributed by atoms with Gasteiger partial charge >= 0.3 is 24.0 Å². The van der Waals surface area contributed by atoms with Gasteiger partial charge in [-0.1, -0.05) is 164 Å². The van der Waals surface area contributed by atoms with Crippen molar-refractivity contribution in [3.63, 3.8) is 0 Å². The molecular weight excluding hydrogens is 833 g/mol. The van der Waals surface area contributed by atoms with Crippen LogP contribution in [-0.4, -0.2) is 67.9 Å². The number of rotatable bonds is 33. The molecule has 2 aromatic rings. The van der Waals surface area contributed by atoms with Crippen LogP contribution in [0.5, 0.6) is 0 Å². The normalized spacial score (nSPS) is 13.1. The monoisotopic (exact) mass is 907 g/mol. The van der Waals surface area contributed by atoms with Crippen LogP contribution in [0, 0.1) is 0 Å². The third-order valence-corrected chi connectivity index (χ3v) is 13.9. The number of aromatic amines is 2. The number of esters is 2. The van der Waals surface area contributed by atoms with Crippen LogP contribution in [0.25, 0.3) is 0 Å². The fourth-order valence-electron chi connectivity index (χ4n) is 6.81. The van der Waals surface area contributed by atoms with Gasteiger partial charge in [0.05, 0.1) is 14.2 Å². The molecule has 6 N–H and O–H groups in total. The second-order valence-corrected chi connectivity index (χ2v) is 19.1. The van der Waals surface area contributed by atoms with Crippen LogP contribution in [-0.2, 0) is 31.9 Å². The first kappa shape index (κ1) is 54.1. The lowest BCUT2D eigenvalue weighted by Gasteiger charge is -2.32. The van der Waals surface area contributed by atoms with Crippen molar-refractivity contribution in [3.05, 3.63) is 44.2 Å². The lowest BCUT2D eigenvalue weighted by Crippen LogP contribution is -2.54. The number of aryl methyl sites for hydroxylation is 2. The fraction of sp³-hybridized carbons (Fsp3) is 0.727. The molecule has 0 unspecified atom stereocenters. The third kappa shape index (κ3) is 22.3. The molecule has 2 atom stereocenters. The van der Waals surface area contributed by atoms with Gasteiger partial charge in [0, 0.05) is 23.5 Å². The number of hydrogen-bond acceptors (Lipinski definition) is 12. The second-order valence-electron chi connectivity index (χ2n) is 16.1. The third-order valence-electron chi connectivity index (χ3n) is 10.4. The summed E-state index contributed by atoms with van der Waals surface area (Å²) >= 11 is 0. The molecule has 2 rings (SSSR count). The Morgan fingerprint density at radius 1 is 0.532 bits per heavy atom. The first-order valence-electron chi connectivity index (χ1n) is 22.7. The molecule has 18 heteroatoms. The van der Waals surface area contributed by atoms with Crippen LogP contribution < -0.4 is 32.4 Å². The molecule has 0 saturated heterocycles. The lowest BCUT2D eigenvalue weighted by atomic mass is 10.0. The highest BCUT2D eigenvalue weighted by Gasteiger charge is 2.45. The highest BCUT2D eigenvalue weighted by Crippen LogP contribution is 2.43. The number of amides is 4. The van der Waals surface area contributed by atoms with Gasteiger partial charge < -0.3 is 20.1 Å². The minimum atomic E-state index is -1.83. The molecule has 0 aliphatic heterocycles. The summed E-state index contributed by atoms with van der Waals surface area (Å²) in [5.41, 5.74) is 0.161. The molecule has 0 radical (unpaired) electrons. The Morgan fingerprint density at radius 3 is 1.11 bits per heavy atom. The zero-order valence-corrected chi connectivity index (χ0v) is 39.7. The van der Waals surface area contributed by atoms with E-state index < -0.39 is 44.9 Å². The van der Waals surface area contributed by atoms with E-state index in [0.717, 1.165) is 52.7 Å². The van der Waals surface area contributed by atoms with Crippen LogP contribution in [0.15, 0.2) is 21.7 Å². The number of aromatic nitrogens is 4. The molecule has 0 aliphatic carbocycles. The van der Waals surface area contributed by atoms with Gasteiger partial charge in [-0.2, -0.15) is 0 Å². The quantitative estimate of drug-likeness (QED) is 0.0170. The van der Waals surface area contributed by atoms with Crippen molar-refractivity contribution in [2.45, 2.75) is 192 Å². The summed E-state index contributed by atoms with van der Waals surface area (Å²) < 4.78 is 9.94. The maximum Gasteiger partial charge on any atom is 0.342 e. The van der Waals surface area contributed by atoms with E-state index in [2.05, 4.69) is 55.1 Å². The Morgan fingerprint density at radius 2 is 0.823 bits per heavy atom. The first-order valence-corrected chi connectivity index (χ1v) is 24.8. The zero-order valence-electron chi connectivity index (χ0n) is 38.1. The summed E-state index contributed by atoms with van der Waals surface area (Å²) in [5, 5.41) is 10.0. The van der Waals surface area contributed by atoms with Gasteiger partial charge in [0.2, 0.25) is 11.9 Å². The Labute approximate surface area is 376 Å². The van der Waals surface area contributed by atoms with Crippen molar-refractivity contribution < 1.29 is 28.7 Å². The van der Waals surface area contributed by atoms with E-state index in [9.17, 15) is 28.8 Å². The largest absolute Gasteiger partial charge is 0.467 e. The van der Waals surface area contributed by atoms with Gasteiger partial charge in [-0.3, -0.25) is 30.2 Å². The van der Waals surface area contributed by atoms with Crippen LogP contribution in [0.3, 0.4) is 0 Å². The SMILES string of the molecule is CCCCCCCCCCCCCc1cc(=O)[nH]c(NC(=O)N[C@](C)(SS[C@@](C)(NC(=O)Nc2nc(CCCCCCCCCCCCC)cc(=O)[nH]2)C(=O)OC)C(=O)OC)n1. The highest BCUT2D eigenvalue weighted by atomic mass is 33.1. The number of nitrogens with one attached hydrogen (secondary N) is 6. The van der Waals surface area contributed by atoms with Crippen molar-refractivity contribution in [3.8, 4) is 0 Å². The standard InChI is InChI=1S/C44H74N8O8S2/c1-7-9-11-13-15-17-19-21-23-25-27-29-33-31-35(53)47-39(45-33)49-41(57)51-43(3,37(55)59-5)61-62-44(4,38(56)60-6)52-42(58)50-40-46-34(32-36(54)48-40)30-28-26-24-22-20-18-16-14-12-10-8-2/h31-32H,7-30H2,1-6H3,(H3,45,47,49,51,53,57)(H3,46,48,50,52,54,58)/t43-,44-/m1/s1. The zero-order chi connectivity index (χ0) is 45.6. The van der Waals surface area contributed by atoms with Gasteiger partial charge in [0.1, 0.15) is 0 Å². The van der Waals surface area contributed by atoms with Gasteiger partial charge in [-0.05, 0) is 39.5 Å². The van der Waals surface area contributed by atoms with Crippen molar-refractivity contribution in [2.24, 2.45) is 0 Å². The topological polar surface area (TPSA) is 226 Å². The molecule has 2 aromatic heterocycles. The smallest absolute Gasteiger partial charge is 0.342 e. The fourth-order valence-corrected chi connectivity index (χ4v) is 9.37. The first-order chi connectivity index (χ1) is 29.8. The summed E-state index contributed by atoms with van der Waals surface area (Å²) in [6, 6.07) is 1.00. The van der Waals surface area contributed by atoms with Gasteiger partial charge in [0.15, 0.2) is 9.74 Å². The average Bonchev–Trinajstić information content (AvgIpc) is 3.22. The average molecular weight is 907 g/mol. The van der Waals surface area contributed by atoms with E-state index in [0.29, 0.717) is 45.8 Å². The van der Waals surface area contributed by atoms with Crippen molar-refractivity contribution >= 4 is 57.5 Å². The lowest BCUT2D eigenvalue weighted by molar-refractivity contribution is -0.144. The number of anilines is 2. The van der Waals surface area contributed by atoms with Crippen molar-refractivity contribution in [1.29, 1.82) is 0 Å². The number of unbranched alkanes of at least 4 members (excludes halogenated alkanes) is 20. The van der Waals surface area contributed by atoms with Gasteiger partial charge in [-0.25, -0.2) is 29.1 Å². The van der Waals surface area contributed by atoms with Crippen molar-refractivity contribution in [2.75, 3.05) is 24.9 Å². The van der Waals surface area contributed by atoms with E-state index >= 15 is 0 Å². The van der Waals surface area contributed by atoms with Crippen LogP contribution >= 0.6 is 21.6 Å². The number of hydrogen-bond donors (Lipinski definition) is 6. The summed E-state index contributed by atoms with van der Waals surface area (Å²) in [4.78, 5) is 87.6. The molecule has 2 heterocycles. The Bertz CT molecular complexity index is 1640. The number of carbonyl (C=O) groups excluding carboxylic acids is 4. The molecular formula is C44H74N8O8S2. The molecule has 0 spiro atoms. The summed E-state index contributed by atoms with van der Waals surface area (Å²) in [6.45, 7) is 7.14. The minimum absolute atomic E-state index is 0.106. The number of carbonyl (C=O) groups is 4. The molecule has 16 nitrogen and oxygen atoms in total. The Balaban J connectivity index is 1.95. The van der Waals surface area contributed by atoms with Crippen molar-refractivity contribution in [1.82, 2.24) is 30.6 Å². The number of methoxy groups -OCH3 is 2. The van der Waals surface area contributed by atoms with Crippen LogP contribution in [0.2, 0.25) is 0 Å². The molecule has 4 amide bonds. The van der Waals surface area contributed by atoms with Gasteiger partial charge in [-0.15, -0.1) is 0 Å². The van der Waals surface area contributed by atoms with E-state index in [1.54, 1.807) is 0 Å². The number of urea groups is 2. The van der Waals surface area contributed by atoms with E-state index in [-0.39, 0.29) is 11.9 Å². The molecule has 0 aromatic carbocycles. The van der Waals surface area contributed by atoms with E-state index in [4.69, 9.17) is 9.47 Å². The Hall–Kier alpha value is -4.06. The molecule has 0 aliphatic rings. The van der Waals surface area contributed by atoms with Gasteiger partial charge in [0.25, 0.3) is 11.1 Å². The number of H-pyrrole nitrogens is 2. The van der Waals surface area contributed by atoms with E-state index in [1.165, 1.54) is 129 Å². The van der Waals surface area contributed by atoms with Crippen LogP contribution in [0.4, 0.5) is 21.5 Å². The Kier molecular flexibility index (Phi) is 26.9. The predicted molar refractivity (Wildman–Crippen MR) is 250 cm³/mol. The molecule has 0 bridgehead atoms.